The Bertz CT molecular complexity index is 483. The topological polar surface area (TPSA) is 73.1 Å². The number of aliphatic carboxylic acids is 1. The molecule has 0 fully saturated rings. The second-order valence-electron chi connectivity index (χ2n) is 4.56. The van der Waals surface area contributed by atoms with Crippen LogP contribution < -0.4 is 5.32 Å². The number of carbonyl (C=O) groups is 1. The molecular formula is C14H17BrN2O2. The molecule has 1 aromatic rings. The number of anilines is 1. The molecular weight excluding hydrogens is 308 g/mol. The van der Waals surface area contributed by atoms with Crippen molar-refractivity contribution in [2.45, 2.75) is 26.2 Å². The van der Waals surface area contributed by atoms with Crippen LogP contribution in [0.25, 0.3) is 0 Å². The van der Waals surface area contributed by atoms with Gasteiger partial charge in [0.1, 0.15) is 0 Å². The fourth-order valence-electron chi connectivity index (χ4n) is 1.70. The fourth-order valence-corrected chi connectivity index (χ4v) is 2.21. The van der Waals surface area contributed by atoms with Gasteiger partial charge in [0.25, 0.3) is 0 Å². The minimum Gasteiger partial charge on any atom is -0.481 e. The van der Waals surface area contributed by atoms with E-state index >= 15 is 0 Å². The number of benzene rings is 1. The third-order valence-corrected chi connectivity index (χ3v) is 3.56. The highest BCUT2D eigenvalue weighted by Gasteiger charge is 2.06. The second-order valence-corrected chi connectivity index (χ2v) is 5.41. The van der Waals surface area contributed by atoms with Crippen molar-refractivity contribution < 1.29 is 9.90 Å². The number of halogens is 1. The standard InChI is InChI=1S/C14H17BrN2O2/c1-10(2-5-14(18)19)6-7-17-13-4-3-11(9-16)8-12(13)15/h3-4,8,10,17H,2,5-7H2,1H3,(H,18,19). The van der Waals surface area contributed by atoms with Crippen LogP contribution in [0.2, 0.25) is 0 Å². The van der Waals surface area contributed by atoms with E-state index in [9.17, 15) is 4.79 Å². The van der Waals surface area contributed by atoms with Crippen LogP contribution >= 0.6 is 15.9 Å². The molecule has 0 saturated carbocycles. The Morgan fingerprint density at radius 3 is 2.84 bits per heavy atom. The predicted octanol–water partition coefficient (Wildman–Crippen LogP) is 3.62. The number of nitriles is 1. The Kier molecular flexibility index (Phi) is 6.37. The molecule has 0 heterocycles. The summed E-state index contributed by atoms with van der Waals surface area (Å²) in [5.74, 6) is -0.365. The summed E-state index contributed by atoms with van der Waals surface area (Å²) in [6.45, 7) is 2.84. The molecule has 4 nitrogen and oxygen atoms in total. The number of nitrogens with zero attached hydrogens (tertiary/aromatic N) is 1. The summed E-state index contributed by atoms with van der Waals surface area (Å²) < 4.78 is 0.865. The van der Waals surface area contributed by atoms with Crippen LogP contribution in [0, 0.1) is 17.2 Å². The molecule has 102 valence electrons. The molecule has 1 rings (SSSR count). The Morgan fingerprint density at radius 2 is 2.26 bits per heavy atom. The SMILES string of the molecule is CC(CCNc1ccc(C#N)cc1Br)CCC(=O)O. The molecule has 0 radical (unpaired) electrons. The molecule has 1 unspecified atom stereocenters. The maximum absolute atomic E-state index is 10.5. The van der Waals surface area contributed by atoms with E-state index in [0.717, 1.165) is 23.1 Å². The van der Waals surface area contributed by atoms with E-state index in [4.69, 9.17) is 10.4 Å². The molecule has 1 atom stereocenters. The van der Waals surface area contributed by atoms with Crippen molar-refractivity contribution in [1.82, 2.24) is 0 Å². The van der Waals surface area contributed by atoms with Crippen molar-refractivity contribution in [2.24, 2.45) is 5.92 Å². The van der Waals surface area contributed by atoms with E-state index in [-0.39, 0.29) is 6.42 Å². The van der Waals surface area contributed by atoms with Gasteiger partial charge in [0.15, 0.2) is 0 Å². The molecule has 2 N–H and O–H groups in total. The van der Waals surface area contributed by atoms with Crippen LogP contribution in [0.1, 0.15) is 31.7 Å². The highest BCUT2D eigenvalue weighted by molar-refractivity contribution is 9.10. The maximum atomic E-state index is 10.5. The zero-order chi connectivity index (χ0) is 14.3. The van der Waals surface area contributed by atoms with Crippen molar-refractivity contribution >= 4 is 27.6 Å². The summed E-state index contributed by atoms with van der Waals surface area (Å²) in [6, 6.07) is 7.49. The summed E-state index contributed by atoms with van der Waals surface area (Å²) in [6.07, 6.45) is 1.84. The van der Waals surface area contributed by atoms with Crippen molar-refractivity contribution in [3.05, 3.63) is 28.2 Å². The van der Waals surface area contributed by atoms with Gasteiger partial charge in [0.2, 0.25) is 0 Å². The Hall–Kier alpha value is -1.54. The lowest BCUT2D eigenvalue weighted by atomic mass is 10.0. The first-order valence-electron chi connectivity index (χ1n) is 6.18. The summed E-state index contributed by atoms with van der Waals surface area (Å²) >= 11 is 3.41. The highest BCUT2D eigenvalue weighted by atomic mass is 79.9. The van der Waals surface area contributed by atoms with Gasteiger partial charge in [-0.15, -0.1) is 0 Å². The van der Waals surface area contributed by atoms with Gasteiger partial charge < -0.3 is 10.4 Å². The van der Waals surface area contributed by atoms with Crippen LogP contribution in [0.5, 0.6) is 0 Å². The third kappa shape index (κ3) is 5.75. The van der Waals surface area contributed by atoms with E-state index < -0.39 is 5.97 Å². The number of carboxylic acid groups (broad SMARTS) is 1. The van der Waals surface area contributed by atoms with Gasteiger partial charge >= 0.3 is 5.97 Å². The van der Waals surface area contributed by atoms with Crippen LogP contribution in [-0.2, 0) is 4.79 Å². The molecule has 19 heavy (non-hydrogen) atoms. The van der Waals surface area contributed by atoms with Gasteiger partial charge in [-0.3, -0.25) is 4.79 Å². The summed E-state index contributed by atoms with van der Waals surface area (Å²) in [4.78, 5) is 10.5. The number of hydrogen-bond acceptors (Lipinski definition) is 3. The van der Waals surface area contributed by atoms with Crippen molar-refractivity contribution in [2.75, 3.05) is 11.9 Å². The van der Waals surface area contributed by atoms with Crippen LogP contribution in [0.3, 0.4) is 0 Å². The molecule has 0 saturated heterocycles. The minimum atomic E-state index is -0.741. The van der Waals surface area contributed by atoms with Crippen molar-refractivity contribution in [3.63, 3.8) is 0 Å². The number of rotatable bonds is 7. The molecule has 1 aromatic carbocycles. The van der Waals surface area contributed by atoms with Crippen molar-refractivity contribution in [3.8, 4) is 6.07 Å². The first-order valence-corrected chi connectivity index (χ1v) is 6.97. The van der Waals surface area contributed by atoms with Gasteiger partial charge in [-0.05, 0) is 52.9 Å². The highest BCUT2D eigenvalue weighted by Crippen LogP contribution is 2.23. The van der Waals surface area contributed by atoms with Crippen molar-refractivity contribution in [1.29, 1.82) is 5.26 Å². The van der Waals surface area contributed by atoms with Gasteiger partial charge in [0, 0.05) is 23.1 Å². The van der Waals surface area contributed by atoms with Crippen LogP contribution in [0.15, 0.2) is 22.7 Å². The first kappa shape index (κ1) is 15.5. The van der Waals surface area contributed by atoms with Gasteiger partial charge in [-0.1, -0.05) is 6.92 Å². The second kappa shape index (κ2) is 7.80. The van der Waals surface area contributed by atoms with Gasteiger partial charge in [-0.25, -0.2) is 0 Å². The number of carboxylic acids is 1. The lowest BCUT2D eigenvalue weighted by Crippen LogP contribution is -2.08. The Labute approximate surface area is 121 Å². The largest absolute Gasteiger partial charge is 0.481 e. The molecule has 0 aromatic heterocycles. The normalized spacial score (nSPS) is 11.6. The number of hydrogen-bond donors (Lipinski definition) is 2. The van der Waals surface area contributed by atoms with Gasteiger partial charge in [-0.2, -0.15) is 5.26 Å². The fraction of sp³-hybridized carbons (Fsp3) is 0.429. The number of nitrogens with one attached hydrogen (secondary N) is 1. The minimum absolute atomic E-state index is 0.224. The smallest absolute Gasteiger partial charge is 0.303 e. The van der Waals surface area contributed by atoms with E-state index in [2.05, 4.69) is 34.2 Å². The molecule has 0 bridgehead atoms. The van der Waals surface area contributed by atoms with Crippen LogP contribution in [-0.4, -0.2) is 17.6 Å². The van der Waals surface area contributed by atoms with Gasteiger partial charge in [0.05, 0.1) is 11.6 Å². The molecule has 0 spiro atoms. The predicted molar refractivity (Wildman–Crippen MR) is 78.0 cm³/mol. The van der Waals surface area contributed by atoms with E-state index in [0.29, 0.717) is 17.9 Å². The molecule has 0 aliphatic heterocycles. The zero-order valence-electron chi connectivity index (χ0n) is 10.8. The summed E-state index contributed by atoms with van der Waals surface area (Å²) in [7, 11) is 0. The Morgan fingerprint density at radius 1 is 1.53 bits per heavy atom. The average Bonchev–Trinajstić information content (AvgIpc) is 2.38. The van der Waals surface area contributed by atoms with E-state index in [1.807, 2.05) is 6.07 Å². The quantitative estimate of drug-likeness (QED) is 0.803. The Balaban J connectivity index is 2.37. The van der Waals surface area contributed by atoms with Crippen LogP contribution in [0.4, 0.5) is 5.69 Å². The summed E-state index contributed by atoms with van der Waals surface area (Å²) in [5, 5.41) is 20.6. The molecule has 0 aliphatic carbocycles. The molecule has 5 heteroatoms. The monoisotopic (exact) mass is 324 g/mol. The van der Waals surface area contributed by atoms with E-state index in [1.54, 1.807) is 12.1 Å². The molecule has 0 aliphatic rings. The zero-order valence-corrected chi connectivity index (χ0v) is 12.4. The first-order chi connectivity index (χ1) is 9.02. The molecule has 0 amide bonds. The third-order valence-electron chi connectivity index (χ3n) is 2.90. The summed E-state index contributed by atoms with van der Waals surface area (Å²) in [5.41, 5.74) is 1.57. The van der Waals surface area contributed by atoms with E-state index in [1.165, 1.54) is 0 Å². The average molecular weight is 325 g/mol. The lowest BCUT2D eigenvalue weighted by Gasteiger charge is -2.12. The maximum Gasteiger partial charge on any atom is 0.303 e. The lowest BCUT2D eigenvalue weighted by molar-refractivity contribution is -0.137.